The molecule has 0 aliphatic heterocycles. The van der Waals surface area contributed by atoms with Crippen molar-refractivity contribution in [2.45, 2.75) is 13.2 Å². The van der Waals surface area contributed by atoms with E-state index < -0.39 is 6.29 Å². The van der Waals surface area contributed by atoms with Gasteiger partial charge in [-0.25, -0.2) is 9.50 Å². The third-order valence-electron chi connectivity index (χ3n) is 1.83. The minimum absolute atomic E-state index is 0.233. The molecule has 2 heterocycles. The van der Waals surface area contributed by atoms with Crippen LogP contribution in [-0.4, -0.2) is 24.8 Å². The number of aliphatic hydroxyl groups excluding tert-OH is 1. The Morgan fingerprint density at radius 1 is 1.46 bits per heavy atom. The van der Waals surface area contributed by atoms with Gasteiger partial charge in [-0.05, 0) is 13.0 Å². The van der Waals surface area contributed by atoms with E-state index in [0.29, 0.717) is 5.65 Å². The Morgan fingerprint density at radius 3 is 2.92 bits per heavy atom. The third kappa shape index (κ3) is 1.28. The maximum atomic E-state index is 8.87. The molecule has 5 heteroatoms. The van der Waals surface area contributed by atoms with Crippen LogP contribution in [0, 0.1) is 6.92 Å². The molecule has 0 aliphatic carbocycles. The van der Waals surface area contributed by atoms with Crippen LogP contribution < -0.4 is 0 Å². The number of hydrogen-bond acceptors (Lipinski definition) is 4. The average Bonchev–Trinajstić information content (AvgIpc) is 2.47. The number of aryl methyl sites for hydroxylation is 1. The molecule has 0 saturated carbocycles. The van der Waals surface area contributed by atoms with Gasteiger partial charge in [-0.2, -0.15) is 5.10 Å². The summed E-state index contributed by atoms with van der Waals surface area (Å²) >= 11 is 0. The molecular weight excluding hydrogens is 170 g/mol. The lowest BCUT2D eigenvalue weighted by Crippen LogP contribution is -2.01. The monoisotopic (exact) mass is 179 g/mol. The van der Waals surface area contributed by atoms with E-state index in [4.69, 9.17) is 10.2 Å². The van der Waals surface area contributed by atoms with Crippen LogP contribution in [0.1, 0.15) is 17.5 Å². The Kier molecular flexibility index (Phi) is 1.75. The average molecular weight is 179 g/mol. The number of rotatable bonds is 1. The molecule has 0 atom stereocenters. The van der Waals surface area contributed by atoms with E-state index >= 15 is 0 Å². The Balaban J connectivity index is 2.66. The van der Waals surface area contributed by atoms with Crippen molar-refractivity contribution < 1.29 is 10.2 Å². The summed E-state index contributed by atoms with van der Waals surface area (Å²) in [6, 6.07) is 1.52. The van der Waals surface area contributed by atoms with Gasteiger partial charge >= 0.3 is 0 Å². The molecule has 5 nitrogen and oxygen atoms in total. The number of aromatic nitrogens is 3. The molecule has 0 fully saturated rings. The molecule has 2 N–H and O–H groups in total. The highest BCUT2D eigenvalue weighted by Gasteiger charge is 2.07. The Morgan fingerprint density at radius 2 is 2.23 bits per heavy atom. The molecule has 2 aromatic rings. The van der Waals surface area contributed by atoms with Gasteiger partial charge in [0.1, 0.15) is 0 Å². The van der Waals surface area contributed by atoms with Crippen molar-refractivity contribution in [3.8, 4) is 0 Å². The minimum Gasteiger partial charge on any atom is -0.363 e. The van der Waals surface area contributed by atoms with Crippen molar-refractivity contribution in [3.63, 3.8) is 0 Å². The first-order valence-corrected chi connectivity index (χ1v) is 3.85. The van der Waals surface area contributed by atoms with Crippen LogP contribution in [0.5, 0.6) is 0 Å². The number of fused-ring (bicyclic) bond motifs is 1. The Labute approximate surface area is 74.3 Å². The molecule has 0 unspecified atom stereocenters. The molecule has 0 aliphatic rings. The van der Waals surface area contributed by atoms with Gasteiger partial charge < -0.3 is 10.2 Å². The summed E-state index contributed by atoms with van der Waals surface area (Å²) in [6.45, 7) is 1.86. The molecule has 2 aromatic heterocycles. The fourth-order valence-corrected chi connectivity index (χ4v) is 1.14. The van der Waals surface area contributed by atoms with E-state index in [1.54, 1.807) is 16.9 Å². The highest BCUT2D eigenvalue weighted by atomic mass is 16.5. The van der Waals surface area contributed by atoms with E-state index in [9.17, 15) is 0 Å². The van der Waals surface area contributed by atoms with Crippen molar-refractivity contribution in [2.24, 2.45) is 0 Å². The molecule has 13 heavy (non-hydrogen) atoms. The standard InChI is InChI=1S/C8H9N3O2/c1-5-4-9-11-3-2-6(8(12)13)10-7(5)11/h2-4,8,12-13H,1H3. The second kappa shape index (κ2) is 2.79. The maximum absolute atomic E-state index is 8.87. The first-order chi connectivity index (χ1) is 6.18. The lowest BCUT2D eigenvalue weighted by molar-refractivity contribution is -0.0457. The molecule has 68 valence electrons. The fraction of sp³-hybridized carbons (Fsp3) is 0.250. The topological polar surface area (TPSA) is 70.7 Å². The van der Waals surface area contributed by atoms with Crippen LogP contribution in [0.2, 0.25) is 0 Å². The van der Waals surface area contributed by atoms with Gasteiger partial charge in [0.25, 0.3) is 0 Å². The van der Waals surface area contributed by atoms with Gasteiger partial charge in [0, 0.05) is 11.8 Å². The summed E-state index contributed by atoms with van der Waals surface area (Å²) in [7, 11) is 0. The van der Waals surface area contributed by atoms with Gasteiger partial charge in [0.2, 0.25) is 0 Å². The predicted octanol–water partition coefficient (Wildman–Crippen LogP) is 0.0209. The fourth-order valence-electron chi connectivity index (χ4n) is 1.14. The van der Waals surface area contributed by atoms with Crippen LogP contribution in [0.4, 0.5) is 0 Å². The largest absolute Gasteiger partial charge is 0.363 e. The van der Waals surface area contributed by atoms with Gasteiger partial charge in [-0.1, -0.05) is 0 Å². The second-order valence-corrected chi connectivity index (χ2v) is 2.82. The zero-order valence-electron chi connectivity index (χ0n) is 7.05. The number of aliphatic hydroxyl groups is 2. The summed E-state index contributed by atoms with van der Waals surface area (Å²) in [4.78, 5) is 4.03. The number of hydrogen-bond donors (Lipinski definition) is 2. The summed E-state index contributed by atoms with van der Waals surface area (Å²) in [6.07, 6.45) is 1.79. The van der Waals surface area contributed by atoms with Crippen LogP contribution >= 0.6 is 0 Å². The molecule has 0 aromatic carbocycles. The summed E-state index contributed by atoms with van der Waals surface area (Å²) < 4.78 is 1.58. The first kappa shape index (κ1) is 8.15. The molecule has 0 amide bonds. The van der Waals surface area contributed by atoms with Gasteiger partial charge in [0.15, 0.2) is 11.9 Å². The zero-order chi connectivity index (χ0) is 9.42. The summed E-state index contributed by atoms with van der Waals surface area (Å²) in [5.41, 5.74) is 1.78. The molecule has 0 saturated heterocycles. The molecule has 0 bridgehead atoms. The summed E-state index contributed by atoms with van der Waals surface area (Å²) in [5.74, 6) is 0. The van der Waals surface area contributed by atoms with Crippen LogP contribution in [0.25, 0.3) is 5.65 Å². The van der Waals surface area contributed by atoms with Gasteiger partial charge in [-0.15, -0.1) is 0 Å². The highest BCUT2D eigenvalue weighted by molar-refractivity contribution is 5.45. The molecular formula is C8H9N3O2. The van der Waals surface area contributed by atoms with E-state index in [2.05, 4.69) is 10.1 Å². The van der Waals surface area contributed by atoms with Crippen molar-refractivity contribution in [2.75, 3.05) is 0 Å². The lowest BCUT2D eigenvalue weighted by atomic mass is 10.3. The summed E-state index contributed by atoms with van der Waals surface area (Å²) in [5, 5.41) is 21.8. The molecule has 2 rings (SSSR count). The minimum atomic E-state index is -1.53. The smallest absolute Gasteiger partial charge is 0.196 e. The van der Waals surface area contributed by atoms with Gasteiger partial charge in [-0.3, -0.25) is 0 Å². The van der Waals surface area contributed by atoms with Crippen molar-refractivity contribution in [1.82, 2.24) is 14.6 Å². The zero-order valence-corrected chi connectivity index (χ0v) is 7.05. The molecule has 0 radical (unpaired) electrons. The van der Waals surface area contributed by atoms with Gasteiger partial charge in [0.05, 0.1) is 11.9 Å². The van der Waals surface area contributed by atoms with E-state index in [1.165, 1.54) is 6.07 Å². The van der Waals surface area contributed by atoms with Crippen molar-refractivity contribution in [3.05, 3.63) is 29.7 Å². The Hall–Kier alpha value is -1.46. The van der Waals surface area contributed by atoms with Crippen LogP contribution in [0.3, 0.4) is 0 Å². The van der Waals surface area contributed by atoms with E-state index in [1.807, 2.05) is 6.92 Å². The van der Waals surface area contributed by atoms with E-state index in [-0.39, 0.29) is 5.69 Å². The third-order valence-corrected chi connectivity index (χ3v) is 1.83. The second-order valence-electron chi connectivity index (χ2n) is 2.82. The van der Waals surface area contributed by atoms with Crippen LogP contribution in [-0.2, 0) is 0 Å². The van der Waals surface area contributed by atoms with Crippen LogP contribution in [0.15, 0.2) is 18.5 Å². The number of nitrogens with zero attached hydrogens (tertiary/aromatic N) is 3. The SMILES string of the molecule is Cc1cnn2ccc(C(O)O)nc12. The Bertz CT molecular complexity index is 436. The predicted molar refractivity (Wildman–Crippen MR) is 44.9 cm³/mol. The quantitative estimate of drug-likeness (QED) is 0.605. The van der Waals surface area contributed by atoms with Crippen molar-refractivity contribution in [1.29, 1.82) is 0 Å². The lowest BCUT2D eigenvalue weighted by Gasteiger charge is -2.02. The molecule has 0 spiro atoms. The normalized spacial score (nSPS) is 11.4. The first-order valence-electron chi connectivity index (χ1n) is 3.85. The maximum Gasteiger partial charge on any atom is 0.196 e. The van der Waals surface area contributed by atoms with E-state index in [0.717, 1.165) is 5.56 Å². The highest BCUT2D eigenvalue weighted by Crippen LogP contribution is 2.10. The van der Waals surface area contributed by atoms with Crippen molar-refractivity contribution >= 4 is 5.65 Å².